The van der Waals surface area contributed by atoms with Crippen LogP contribution in [0.1, 0.15) is 19.4 Å². The molecule has 0 radical (unpaired) electrons. The first-order chi connectivity index (χ1) is 9.01. The number of benzene rings is 1. The highest BCUT2D eigenvalue weighted by molar-refractivity contribution is 6.31. The van der Waals surface area contributed by atoms with Crippen LogP contribution in [0.25, 0.3) is 10.9 Å². The summed E-state index contributed by atoms with van der Waals surface area (Å²) in [6.45, 7) is 12.0. The molecule has 1 heterocycles. The van der Waals surface area contributed by atoms with E-state index in [-0.39, 0.29) is 0 Å². The molecule has 0 saturated heterocycles. The summed E-state index contributed by atoms with van der Waals surface area (Å²) in [4.78, 5) is 6.94. The van der Waals surface area contributed by atoms with E-state index in [0.29, 0.717) is 0 Å². The van der Waals surface area contributed by atoms with Crippen LogP contribution in [0.15, 0.2) is 36.4 Å². The first kappa shape index (κ1) is 13.9. The average molecular weight is 275 g/mol. The number of anilines is 1. The summed E-state index contributed by atoms with van der Waals surface area (Å²) < 4.78 is 0. The second kappa shape index (κ2) is 5.62. The van der Waals surface area contributed by atoms with Crippen LogP contribution >= 0.6 is 11.6 Å². The number of hydrogen-bond acceptors (Lipinski definition) is 2. The number of aromatic nitrogens is 1. The molecular formula is C16H19ClN2. The maximum Gasteiger partial charge on any atom is 0.129 e. The van der Waals surface area contributed by atoms with Gasteiger partial charge in [-0.25, -0.2) is 4.98 Å². The molecule has 0 aliphatic carbocycles. The molecule has 0 saturated carbocycles. The Bertz CT molecular complexity index is 619. The van der Waals surface area contributed by atoms with Crippen LogP contribution < -0.4 is 4.90 Å². The second-order valence-corrected chi connectivity index (χ2v) is 5.37. The van der Waals surface area contributed by atoms with Gasteiger partial charge < -0.3 is 4.90 Å². The van der Waals surface area contributed by atoms with Crippen LogP contribution in [-0.2, 0) is 0 Å². The fraction of sp³-hybridized carbons (Fsp3) is 0.312. The van der Waals surface area contributed by atoms with Crippen LogP contribution in [0.2, 0.25) is 5.02 Å². The summed E-state index contributed by atoms with van der Waals surface area (Å²) in [5.74, 6) is 0.984. The number of rotatable bonds is 4. The van der Waals surface area contributed by atoms with Gasteiger partial charge >= 0.3 is 0 Å². The van der Waals surface area contributed by atoms with E-state index in [1.807, 2.05) is 25.1 Å². The molecule has 1 aromatic carbocycles. The van der Waals surface area contributed by atoms with Crippen LogP contribution in [-0.4, -0.2) is 18.1 Å². The van der Waals surface area contributed by atoms with E-state index in [1.165, 1.54) is 5.56 Å². The van der Waals surface area contributed by atoms with Crippen molar-refractivity contribution in [1.82, 2.24) is 4.98 Å². The molecule has 2 nitrogen and oxygen atoms in total. The van der Waals surface area contributed by atoms with Crippen molar-refractivity contribution in [3.63, 3.8) is 0 Å². The number of aryl methyl sites for hydroxylation is 1. The van der Waals surface area contributed by atoms with Crippen molar-refractivity contribution in [1.29, 1.82) is 0 Å². The molecule has 3 heteroatoms. The summed E-state index contributed by atoms with van der Waals surface area (Å²) in [7, 11) is 0. The van der Waals surface area contributed by atoms with Crippen molar-refractivity contribution in [2.24, 2.45) is 0 Å². The minimum Gasteiger partial charge on any atom is -0.353 e. The van der Waals surface area contributed by atoms with E-state index in [0.717, 1.165) is 40.4 Å². The van der Waals surface area contributed by atoms with E-state index in [1.54, 1.807) is 0 Å². The third-order valence-electron chi connectivity index (χ3n) is 3.13. The van der Waals surface area contributed by atoms with Crippen molar-refractivity contribution < 1.29 is 0 Å². The van der Waals surface area contributed by atoms with E-state index < -0.39 is 0 Å². The van der Waals surface area contributed by atoms with Gasteiger partial charge in [-0.1, -0.05) is 29.8 Å². The fourth-order valence-electron chi connectivity index (χ4n) is 2.20. The van der Waals surface area contributed by atoms with Gasteiger partial charge in [0, 0.05) is 23.5 Å². The lowest BCUT2D eigenvalue weighted by atomic mass is 10.1. The molecule has 0 aliphatic rings. The lowest BCUT2D eigenvalue weighted by Gasteiger charge is -2.23. The molecule has 0 amide bonds. The molecule has 0 unspecified atom stereocenters. The quantitative estimate of drug-likeness (QED) is 0.758. The predicted octanol–water partition coefficient (Wildman–Crippen LogP) is 4.60. The van der Waals surface area contributed by atoms with Gasteiger partial charge in [0.1, 0.15) is 5.82 Å². The lowest BCUT2D eigenvalue weighted by molar-refractivity contribution is 0.862. The monoisotopic (exact) mass is 274 g/mol. The molecule has 1 aromatic heterocycles. The number of pyridine rings is 1. The molecule has 100 valence electrons. The van der Waals surface area contributed by atoms with Crippen molar-refractivity contribution >= 4 is 28.3 Å². The zero-order valence-corrected chi connectivity index (χ0v) is 12.5. The highest BCUT2D eigenvalue weighted by atomic mass is 35.5. The van der Waals surface area contributed by atoms with E-state index >= 15 is 0 Å². The summed E-state index contributed by atoms with van der Waals surface area (Å²) in [6.07, 6.45) is 0. The zero-order chi connectivity index (χ0) is 14.0. The average Bonchev–Trinajstić information content (AvgIpc) is 2.34. The van der Waals surface area contributed by atoms with E-state index in [4.69, 9.17) is 16.6 Å². The van der Waals surface area contributed by atoms with Crippen molar-refractivity contribution in [3.05, 3.63) is 47.0 Å². The first-order valence-electron chi connectivity index (χ1n) is 6.47. The van der Waals surface area contributed by atoms with E-state index in [9.17, 15) is 0 Å². The van der Waals surface area contributed by atoms with Crippen LogP contribution in [0, 0.1) is 6.92 Å². The Morgan fingerprint density at radius 1 is 1.37 bits per heavy atom. The molecule has 0 N–H and O–H groups in total. The van der Waals surface area contributed by atoms with Gasteiger partial charge in [-0.3, -0.25) is 0 Å². The predicted molar refractivity (Wildman–Crippen MR) is 84.2 cm³/mol. The van der Waals surface area contributed by atoms with Gasteiger partial charge in [0.2, 0.25) is 0 Å². The van der Waals surface area contributed by atoms with Crippen LogP contribution in [0.5, 0.6) is 0 Å². The Morgan fingerprint density at radius 2 is 2.11 bits per heavy atom. The number of hydrogen-bond donors (Lipinski definition) is 0. The Labute approximate surface area is 119 Å². The third-order valence-corrected chi connectivity index (χ3v) is 3.37. The number of fused-ring (bicyclic) bond motifs is 1. The van der Waals surface area contributed by atoms with Gasteiger partial charge in [-0.15, -0.1) is 0 Å². The molecule has 19 heavy (non-hydrogen) atoms. The summed E-state index contributed by atoms with van der Waals surface area (Å²) in [5.41, 5.74) is 3.30. The Balaban J connectivity index is 2.51. The van der Waals surface area contributed by atoms with Gasteiger partial charge in [0.15, 0.2) is 0 Å². The molecule has 0 aliphatic heterocycles. The van der Waals surface area contributed by atoms with Crippen LogP contribution in [0.3, 0.4) is 0 Å². The molecule has 2 rings (SSSR count). The van der Waals surface area contributed by atoms with Gasteiger partial charge in [0.05, 0.1) is 5.52 Å². The Hall–Kier alpha value is -1.54. The minimum atomic E-state index is 0.722. The summed E-state index contributed by atoms with van der Waals surface area (Å²) in [5, 5.41) is 1.87. The lowest BCUT2D eigenvalue weighted by Crippen LogP contribution is -2.25. The van der Waals surface area contributed by atoms with Gasteiger partial charge in [-0.05, 0) is 44.5 Å². The topological polar surface area (TPSA) is 16.1 Å². The standard InChI is InChI=1S/C16H19ClN2/c1-5-19(10-11(2)3)16-8-12(4)14-7-6-13(17)9-15(14)18-16/h6-9H,2,5,10H2,1,3-4H3. The fourth-order valence-corrected chi connectivity index (χ4v) is 2.37. The zero-order valence-electron chi connectivity index (χ0n) is 11.7. The maximum absolute atomic E-state index is 6.05. The summed E-state index contributed by atoms with van der Waals surface area (Å²) >= 11 is 6.05. The molecule has 0 bridgehead atoms. The minimum absolute atomic E-state index is 0.722. The third kappa shape index (κ3) is 3.07. The van der Waals surface area contributed by atoms with Crippen LogP contribution in [0.4, 0.5) is 5.82 Å². The molecule has 0 atom stereocenters. The smallest absolute Gasteiger partial charge is 0.129 e. The Kier molecular flexibility index (Phi) is 4.11. The van der Waals surface area contributed by atoms with Gasteiger partial charge in [0.25, 0.3) is 0 Å². The van der Waals surface area contributed by atoms with Crippen molar-refractivity contribution in [3.8, 4) is 0 Å². The SMILES string of the molecule is C=C(C)CN(CC)c1cc(C)c2ccc(Cl)cc2n1. The molecular weight excluding hydrogens is 256 g/mol. The highest BCUT2D eigenvalue weighted by Crippen LogP contribution is 2.25. The second-order valence-electron chi connectivity index (χ2n) is 4.93. The first-order valence-corrected chi connectivity index (χ1v) is 6.85. The number of nitrogens with zero attached hydrogens (tertiary/aromatic N) is 2. The van der Waals surface area contributed by atoms with Crippen molar-refractivity contribution in [2.45, 2.75) is 20.8 Å². The molecule has 0 spiro atoms. The summed E-state index contributed by atoms with van der Waals surface area (Å²) in [6, 6.07) is 7.98. The number of likely N-dealkylation sites (N-methyl/N-ethyl adjacent to an activating group) is 1. The molecule has 2 aromatic rings. The number of halogens is 1. The van der Waals surface area contributed by atoms with E-state index in [2.05, 4.69) is 31.4 Å². The normalized spacial score (nSPS) is 10.7. The highest BCUT2D eigenvalue weighted by Gasteiger charge is 2.09. The Morgan fingerprint density at radius 3 is 2.74 bits per heavy atom. The van der Waals surface area contributed by atoms with Gasteiger partial charge in [-0.2, -0.15) is 0 Å². The van der Waals surface area contributed by atoms with Crippen molar-refractivity contribution in [2.75, 3.05) is 18.0 Å². The largest absolute Gasteiger partial charge is 0.353 e. The maximum atomic E-state index is 6.05. The molecule has 0 fully saturated rings.